The fourth-order valence-corrected chi connectivity index (χ4v) is 2.61. The third-order valence-electron chi connectivity index (χ3n) is 3.69. The Morgan fingerprint density at radius 2 is 1.79 bits per heavy atom. The van der Waals surface area contributed by atoms with Crippen molar-refractivity contribution in [1.29, 1.82) is 0 Å². The molecule has 3 aromatic rings. The predicted molar refractivity (Wildman–Crippen MR) is 93.6 cm³/mol. The average Bonchev–Trinajstić information content (AvgIpc) is 2.62. The number of pyridine rings is 2. The van der Waals surface area contributed by atoms with Crippen LogP contribution < -0.4 is 0 Å². The Kier molecular flexibility index (Phi) is 4.66. The summed E-state index contributed by atoms with van der Waals surface area (Å²) >= 11 is 0. The van der Waals surface area contributed by atoms with Crippen molar-refractivity contribution in [2.75, 3.05) is 6.61 Å². The molecule has 120 valence electrons. The summed E-state index contributed by atoms with van der Waals surface area (Å²) in [7, 11) is 0. The van der Waals surface area contributed by atoms with Gasteiger partial charge >= 0.3 is 5.97 Å². The summed E-state index contributed by atoms with van der Waals surface area (Å²) in [6.07, 6.45) is 1.71. The first-order valence-electron chi connectivity index (χ1n) is 7.86. The second kappa shape index (κ2) is 7.04. The van der Waals surface area contributed by atoms with E-state index in [-0.39, 0.29) is 5.97 Å². The average molecular weight is 318 g/mol. The van der Waals surface area contributed by atoms with E-state index in [1.807, 2.05) is 61.5 Å². The minimum atomic E-state index is -0.372. The van der Waals surface area contributed by atoms with Gasteiger partial charge in [0.05, 0.1) is 29.3 Å². The zero-order chi connectivity index (χ0) is 16.9. The summed E-state index contributed by atoms with van der Waals surface area (Å²) in [5, 5.41) is 0. The molecule has 4 heteroatoms. The van der Waals surface area contributed by atoms with Gasteiger partial charge in [0.1, 0.15) is 0 Å². The molecule has 3 rings (SSSR count). The number of aryl methyl sites for hydroxylation is 1. The first-order valence-corrected chi connectivity index (χ1v) is 7.86. The molecule has 24 heavy (non-hydrogen) atoms. The zero-order valence-corrected chi connectivity index (χ0v) is 13.7. The number of benzene rings is 1. The number of rotatable bonds is 4. The molecule has 1 aromatic carbocycles. The van der Waals surface area contributed by atoms with Crippen molar-refractivity contribution in [3.8, 4) is 22.5 Å². The number of carbonyl (C=O) groups excluding carboxylic acids is 1. The number of hydrogen-bond acceptors (Lipinski definition) is 4. The molecule has 4 nitrogen and oxygen atoms in total. The zero-order valence-electron chi connectivity index (χ0n) is 13.7. The van der Waals surface area contributed by atoms with Crippen molar-refractivity contribution < 1.29 is 9.53 Å². The minimum absolute atomic E-state index is 0.320. The second-order valence-corrected chi connectivity index (χ2v) is 5.32. The van der Waals surface area contributed by atoms with Gasteiger partial charge in [-0.15, -0.1) is 0 Å². The number of hydrogen-bond donors (Lipinski definition) is 0. The second-order valence-electron chi connectivity index (χ2n) is 5.32. The lowest BCUT2D eigenvalue weighted by molar-refractivity contribution is 0.0526. The fraction of sp³-hybridized carbons (Fsp3) is 0.150. The third-order valence-corrected chi connectivity index (χ3v) is 3.69. The molecule has 0 bridgehead atoms. The largest absolute Gasteiger partial charge is 0.462 e. The first kappa shape index (κ1) is 15.9. The molecule has 2 heterocycles. The maximum atomic E-state index is 12.4. The molecular formula is C20H18N2O2. The fourth-order valence-electron chi connectivity index (χ4n) is 2.61. The summed E-state index contributed by atoms with van der Waals surface area (Å²) < 4.78 is 5.21. The Balaban J connectivity index is 2.21. The van der Waals surface area contributed by atoms with E-state index in [0.717, 1.165) is 22.5 Å². The summed E-state index contributed by atoms with van der Waals surface area (Å²) in [4.78, 5) is 21.4. The Morgan fingerprint density at radius 3 is 2.46 bits per heavy atom. The highest BCUT2D eigenvalue weighted by Gasteiger charge is 2.20. The number of esters is 1. The summed E-state index contributed by atoms with van der Waals surface area (Å²) in [5.41, 5.74) is 4.37. The van der Waals surface area contributed by atoms with Crippen LogP contribution in [0.1, 0.15) is 23.0 Å². The smallest absolute Gasteiger partial charge is 0.340 e. The van der Waals surface area contributed by atoms with Crippen LogP contribution in [-0.2, 0) is 4.74 Å². The maximum absolute atomic E-state index is 12.4. The monoisotopic (exact) mass is 318 g/mol. The highest BCUT2D eigenvalue weighted by molar-refractivity contribution is 5.98. The normalized spacial score (nSPS) is 10.4. The van der Waals surface area contributed by atoms with Gasteiger partial charge in [-0.1, -0.05) is 36.4 Å². The van der Waals surface area contributed by atoms with E-state index >= 15 is 0 Å². The molecule has 0 spiro atoms. The molecule has 0 radical (unpaired) electrons. The van der Waals surface area contributed by atoms with Crippen molar-refractivity contribution in [3.05, 3.63) is 72.1 Å². The molecule has 2 aromatic heterocycles. The minimum Gasteiger partial charge on any atom is -0.462 e. The van der Waals surface area contributed by atoms with Crippen molar-refractivity contribution in [2.45, 2.75) is 13.8 Å². The Hall–Kier alpha value is -3.01. The van der Waals surface area contributed by atoms with E-state index < -0.39 is 0 Å². The molecule has 0 unspecified atom stereocenters. The molecule has 0 aliphatic rings. The number of nitrogens with zero attached hydrogens (tertiary/aromatic N) is 2. The van der Waals surface area contributed by atoms with Crippen LogP contribution in [0.2, 0.25) is 0 Å². The number of ether oxygens (including phenoxy) is 1. The number of carbonyl (C=O) groups is 1. The Morgan fingerprint density at radius 1 is 1.04 bits per heavy atom. The van der Waals surface area contributed by atoms with Crippen molar-refractivity contribution in [1.82, 2.24) is 9.97 Å². The first-order chi connectivity index (χ1) is 11.7. The van der Waals surface area contributed by atoms with E-state index in [1.54, 1.807) is 13.1 Å². The standard InChI is InChI=1S/C20H18N2O2/c1-3-24-20(23)19-14(2)22-18(15-9-5-4-6-10-15)13-16(19)17-11-7-8-12-21-17/h4-13H,3H2,1-2H3. The van der Waals surface area contributed by atoms with Gasteiger partial charge in [-0.25, -0.2) is 4.79 Å². The molecule has 0 saturated heterocycles. The molecule has 0 amide bonds. The van der Waals surface area contributed by atoms with E-state index in [9.17, 15) is 4.79 Å². The SMILES string of the molecule is CCOC(=O)c1c(-c2ccccn2)cc(-c2ccccc2)nc1C. The van der Waals surface area contributed by atoms with Crippen LogP contribution in [0.15, 0.2) is 60.8 Å². The van der Waals surface area contributed by atoms with Gasteiger partial charge in [0.25, 0.3) is 0 Å². The molecule has 0 saturated carbocycles. The summed E-state index contributed by atoms with van der Waals surface area (Å²) in [6.45, 7) is 3.94. The molecule has 0 aliphatic heterocycles. The topological polar surface area (TPSA) is 52.1 Å². The van der Waals surface area contributed by atoms with Gasteiger partial charge < -0.3 is 4.74 Å². The van der Waals surface area contributed by atoms with Crippen LogP contribution in [0.25, 0.3) is 22.5 Å². The van der Waals surface area contributed by atoms with E-state index in [2.05, 4.69) is 9.97 Å². The van der Waals surface area contributed by atoms with Crippen molar-refractivity contribution in [3.63, 3.8) is 0 Å². The van der Waals surface area contributed by atoms with Crippen LogP contribution in [0.5, 0.6) is 0 Å². The van der Waals surface area contributed by atoms with Crippen molar-refractivity contribution in [2.24, 2.45) is 0 Å². The summed E-state index contributed by atoms with van der Waals surface area (Å²) in [5.74, 6) is -0.372. The van der Waals surface area contributed by atoms with Crippen LogP contribution >= 0.6 is 0 Å². The highest BCUT2D eigenvalue weighted by Crippen LogP contribution is 2.29. The van der Waals surface area contributed by atoms with Crippen LogP contribution in [0.3, 0.4) is 0 Å². The molecule has 0 atom stereocenters. The van der Waals surface area contributed by atoms with Gasteiger partial charge in [0.2, 0.25) is 0 Å². The number of aromatic nitrogens is 2. The lowest BCUT2D eigenvalue weighted by atomic mass is 9.99. The Labute approximate surface area is 141 Å². The van der Waals surface area contributed by atoms with E-state index in [1.165, 1.54) is 0 Å². The van der Waals surface area contributed by atoms with E-state index in [4.69, 9.17) is 4.74 Å². The predicted octanol–water partition coefficient (Wildman–Crippen LogP) is 4.30. The Bertz CT molecular complexity index is 846. The van der Waals surface area contributed by atoms with Crippen LogP contribution in [-0.4, -0.2) is 22.5 Å². The van der Waals surface area contributed by atoms with Crippen LogP contribution in [0, 0.1) is 6.92 Å². The molecule has 0 fully saturated rings. The van der Waals surface area contributed by atoms with Crippen LogP contribution in [0.4, 0.5) is 0 Å². The lowest BCUT2D eigenvalue weighted by Gasteiger charge is -2.13. The van der Waals surface area contributed by atoms with Gasteiger partial charge in [-0.05, 0) is 32.0 Å². The highest BCUT2D eigenvalue weighted by atomic mass is 16.5. The third kappa shape index (κ3) is 3.18. The lowest BCUT2D eigenvalue weighted by Crippen LogP contribution is -2.11. The van der Waals surface area contributed by atoms with Gasteiger partial charge in [0.15, 0.2) is 0 Å². The van der Waals surface area contributed by atoms with Crippen molar-refractivity contribution >= 4 is 5.97 Å². The summed E-state index contributed by atoms with van der Waals surface area (Å²) in [6, 6.07) is 17.4. The van der Waals surface area contributed by atoms with Gasteiger partial charge in [0, 0.05) is 17.3 Å². The van der Waals surface area contributed by atoms with E-state index in [0.29, 0.717) is 17.9 Å². The quantitative estimate of drug-likeness (QED) is 0.673. The maximum Gasteiger partial charge on any atom is 0.340 e. The molecule has 0 N–H and O–H groups in total. The van der Waals surface area contributed by atoms with Gasteiger partial charge in [-0.2, -0.15) is 0 Å². The molecule has 0 aliphatic carbocycles. The van der Waals surface area contributed by atoms with Gasteiger partial charge in [-0.3, -0.25) is 9.97 Å². The molecular weight excluding hydrogens is 300 g/mol.